The molecule has 2 aromatic rings. The van der Waals surface area contributed by atoms with Gasteiger partial charge in [0, 0.05) is 11.6 Å². The smallest absolute Gasteiger partial charge is 0.253 e. The molecule has 0 radical (unpaired) electrons. The number of amides is 1. The van der Waals surface area contributed by atoms with Crippen LogP contribution in [0.2, 0.25) is 5.02 Å². The largest absolute Gasteiger partial charge is 0.493 e. The maximum absolute atomic E-state index is 12.8. The Labute approximate surface area is 182 Å². The lowest BCUT2D eigenvalue weighted by atomic mass is 10.1. The van der Waals surface area contributed by atoms with Crippen molar-refractivity contribution in [3.8, 4) is 23.8 Å². The molecule has 6 heteroatoms. The van der Waals surface area contributed by atoms with E-state index in [-0.39, 0.29) is 12.5 Å². The second-order valence-corrected chi connectivity index (χ2v) is 7.66. The summed E-state index contributed by atoms with van der Waals surface area (Å²) < 4.78 is 16.8. The SMILES string of the molecule is C#CCOc1ccc(CCNC(=O)C(OCC2CC2)c2ccc(Cl)cc2)cc1OC. The van der Waals surface area contributed by atoms with E-state index < -0.39 is 6.10 Å². The predicted octanol–water partition coefficient (Wildman–Crippen LogP) is 4.19. The minimum Gasteiger partial charge on any atom is -0.493 e. The van der Waals surface area contributed by atoms with Crippen LogP contribution in [-0.4, -0.2) is 32.8 Å². The molecule has 0 aromatic heterocycles. The van der Waals surface area contributed by atoms with Crippen LogP contribution in [0.15, 0.2) is 42.5 Å². The Balaban J connectivity index is 1.58. The molecule has 5 nitrogen and oxygen atoms in total. The van der Waals surface area contributed by atoms with Crippen molar-refractivity contribution in [2.24, 2.45) is 5.92 Å². The fraction of sp³-hybridized carbons (Fsp3) is 0.375. The molecule has 0 spiro atoms. The number of benzene rings is 2. The van der Waals surface area contributed by atoms with Crippen molar-refractivity contribution < 1.29 is 19.0 Å². The monoisotopic (exact) mass is 427 g/mol. The average molecular weight is 428 g/mol. The topological polar surface area (TPSA) is 56.8 Å². The van der Waals surface area contributed by atoms with E-state index >= 15 is 0 Å². The third kappa shape index (κ3) is 6.41. The zero-order chi connectivity index (χ0) is 21.3. The first-order valence-electron chi connectivity index (χ1n) is 9.98. The van der Waals surface area contributed by atoms with Crippen LogP contribution < -0.4 is 14.8 Å². The molecule has 158 valence electrons. The Bertz CT molecular complexity index is 887. The number of rotatable bonds is 11. The van der Waals surface area contributed by atoms with E-state index in [1.54, 1.807) is 19.2 Å². The van der Waals surface area contributed by atoms with Gasteiger partial charge in [0.15, 0.2) is 17.6 Å². The van der Waals surface area contributed by atoms with Crippen LogP contribution >= 0.6 is 11.6 Å². The van der Waals surface area contributed by atoms with Crippen LogP contribution in [-0.2, 0) is 16.0 Å². The molecule has 1 amide bonds. The molecule has 1 fully saturated rings. The van der Waals surface area contributed by atoms with Gasteiger partial charge < -0.3 is 19.5 Å². The summed E-state index contributed by atoms with van der Waals surface area (Å²) in [5, 5.41) is 3.61. The van der Waals surface area contributed by atoms with E-state index in [1.165, 1.54) is 0 Å². The van der Waals surface area contributed by atoms with Gasteiger partial charge in [-0.05, 0) is 60.6 Å². The van der Waals surface area contributed by atoms with E-state index in [0.717, 1.165) is 24.0 Å². The lowest BCUT2D eigenvalue weighted by Crippen LogP contribution is -2.32. The highest BCUT2D eigenvalue weighted by molar-refractivity contribution is 6.30. The van der Waals surface area contributed by atoms with Gasteiger partial charge in [-0.1, -0.05) is 35.7 Å². The summed E-state index contributed by atoms with van der Waals surface area (Å²) >= 11 is 5.98. The van der Waals surface area contributed by atoms with E-state index in [2.05, 4.69) is 11.2 Å². The number of hydrogen-bond acceptors (Lipinski definition) is 4. The number of nitrogens with one attached hydrogen (secondary N) is 1. The molecule has 0 aliphatic heterocycles. The van der Waals surface area contributed by atoms with Crippen molar-refractivity contribution in [2.75, 3.05) is 26.9 Å². The minimum atomic E-state index is -0.642. The zero-order valence-corrected chi connectivity index (χ0v) is 17.8. The Morgan fingerprint density at radius 2 is 2.00 bits per heavy atom. The second kappa shape index (κ2) is 10.9. The normalized spacial score (nSPS) is 13.9. The molecule has 1 N–H and O–H groups in total. The predicted molar refractivity (Wildman–Crippen MR) is 117 cm³/mol. The number of halogens is 1. The molecule has 0 saturated heterocycles. The van der Waals surface area contributed by atoms with Crippen molar-refractivity contribution >= 4 is 17.5 Å². The summed E-state index contributed by atoms with van der Waals surface area (Å²) in [7, 11) is 1.58. The van der Waals surface area contributed by atoms with E-state index in [0.29, 0.717) is 42.0 Å². The van der Waals surface area contributed by atoms with Gasteiger partial charge in [-0.2, -0.15) is 0 Å². The van der Waals surface area contributed by atoms with Crippen LogP contribution in [0.3, 0.4) is 0 Å². The molecule has 1 aliphatic rings. The maximum atomic E-state index is 12.8. The number of methoxy groups -OCH3 is 1. The van der Waals surface area contributed by atoms with Gasteiger partial charge in [-0.15, -0.1) is 6.42 Å². The summed E-state index contributed by atoms with van der Waals surface area (Å²) in [5.41, 5.74) is 1.82. The molecular formula is C24H26ClNO4. The summed E-state index contributed by atoms with van der Waals surface area (Å²) in [6, 6.07) is 12.8. The van der Waals surface area contributed by atoms with E-state index in [9.17, 15) is 4.79 Å². The quantitative estimate of drug-likeness (QED) is 0.546. The summed E-state index contributed by atoms with van der Waals surface area (Å²) in [5.74, 6) is 4.05. The highest BCUT2D eigenvalue weighted by Gasteiger charge is 2.27. The summed E-state index contributed by atoms with van der Waals surface area (Å²) in [6.07, 6.45) is 7.57. The van der Waals surface area contributed by atoms with Gasteiger partial charge >= 0.3 is 0 Å². The average Bonchev–Trinajstić information content (AvgIpc) is 3.58. The van der Waals surface area contributed by atoms with Crippen molar-refractivity contribution in [3.05, 3.63) is 58.6 Å². The van der Waals surface area contributed by atoms with Crippen LogP contribution in [0.5, 0.6) is 11.5 Å². The Hall–Kier alpha value is -2.68. The van der Waals surface area contributed by atoms with Crippen LogP contribution in [0.4, 0.5) is 0 Å². The minimum absolute atomic E-state index is 0.154. The Morgan fingerprint density at radius 1 is 1.23 bits per heavy atom. The lowest BCUT2D eigenvalue weighted by molar-refractivity contribution is -0.133. The number of terminal acetylenes is 1. The summed E-state index contributed by atoms with van der Waals surface area (Å²) in [6.45, 7) is 1.25. The molecule has 3 rings (SSSR count). The number of carbonyl (C=O) groups excluding carboxylic acids is 1. The van der Waals surface area contributed by atoms with Crippen molar-refractivity contribution in [1.29, 1.82) is 0 Å². The molecule has 30 heavy (non-hydrogen) atoms. The Morgan fingerprint density at radius 3 is 2.67 bits per heavy atom. The first-order valence-corrected chi connectivity index (χ1v) is 10.4. The van der Waals surface area contributed by atoms with Crippen molar-refractivity contribution in [3.63, 3.8) is 0 Å². The Kier molecular flexibility index (Phi) is 8.01. The molecule has 2 aromatic carbocycles. The molecule has 0 bridgehead atoms. The van der Waals surface area contributed by atoms with Gasteiger partial charge in [-0.3, -0.25) is 4.79 Å². The standard InChI is InChI=1S/C24H26ClNO4/c1-3-14-29-21-11-6-17(15-22(21)28-2)12-13-26-24(27)23(30-16-18-4-5-18)19-7-9-20(25)10-8-19/h1,6-11,15,18,23H,4-5,12-14,16H2,2H3,(H,26,27). The van der Waals surface area contributed by atoms with Gasteiger partial charge in [-0.25, -0.2) is 0 Å². The van der Waals surface area contributed by atoms with Crippen molar-refractivity contribution in [1.82, 2.24) is 5.32 Å². The van der Waals surface area contributed by atoms with E-state index in [4.69, 9.17) is 32.2 Å². The van der Waals surface area contributed by atoms with Crippen LogP contribution in [0.1, 0.15) is 30.1 Å². The summed E-state index contributed by atoms with van der Waals surface area (Å²) in [4.78, 5) is 12.8. The van der Waals surface area contributed by atoms with E-state index in [1.807, 2.05) is 30.3 Å². The zero-order valence-electron chi connectivity index (χ0n) is 17.0. The number of hydrogen-bond donors (Lipinski definition) is 1. The fourth-order valence-corrected chi connectivity index (χ4v) is 3.13. The number of carbonyl (C=O) groups is 1. The molecule has 1 aliphatic carbocycles. The molecule has 1 atom stereocenters. The fourth-order valence-electron chi connectivity index (χ4n) is 3.01. The first kappa shape index (κ1) is 22.0. The van der Waals surface area contributed by atoms with Crippen LogP contribution in [0, 0.1) is 18.3 Å². The van der Waals surface area contributed by atoms with Gasteiger partial charge in [0.05, 0.1) is 13.7 Å². The van der Waals surface area contributed by atoms with Crippen LogP contribution in [0.25, 0.3) is 0 Å². The first-order chi connectivity index (χ1) is 14.6. The lowest BCUT2D eigenvalue weighted by Gasteiger charge is -2.18. The third-order valence-corrected chi connectivity index (χ3v) is 5.11. The molecule has 1 saturated carbocycles. The van der Waals surface area contributed by atoms with Gasteiger partial charge in [0.2, 0.25) is 0 Å². The maximum Gasteiger partial charge on any atom is 0.253 e. The molecule has 1 unspecified atom stereocenters. The second-order valence-electron chi connectivity index (χ2n) is 7.23. The highest BCUT2D eigenvalue weighted by Crippen LogP contribution is 2.31. The molecular weight excluding hydrogens is 402 g/mol. The molecule has 0 heterocycles. The van der Waals surface area contributed by atoms with Crippen molar-refractivity contribution in [2.45, 2.75) is 25.4 Å². The number of ether oxygens (including phenoxy) is 3. The van der Waals surface area contributed by atoms with Gasteiger partial charge in [0.1, 0.15) is 6.61 Å². The third-order valence-electron chi connectivity index (χ3n) is 4.86. The van der Waals surface area contributed by atoms with Gasteiger partial charge in [0.25, 0.3) is 5.91 Å². The highest BCUT2D eigenvalue weighted by atomic mass is 35.5.